The van der Waals surface area contributed by atoms with Crippen molar-refractivity contribution in [2.75, 3.05) is 19.6 Å². The summed E-state index contributed by atoms with van der Waals surface area (Å²) in [6, 6.07) is 7.37. The molecule has 1 aromatic rings. The molecule has 1 saturated heterocycles. The van der Waals surface area contributed by atoms with Gasteiger partial charge in [-0.1, -0.05) is 25.0 Å². The molecule has 108 valence electrons. The number of halogens is 1. The average molecular weight is 386 g/mol. The number of nitrogens with zero attached hydrogens (tertiary/aromatic N) is 1. The van der Waals surface area contributed by atoms with Gasteiger partial charge in [-0.3, -0.25) is 9.59 Å². The highest BCUT2D eigenvalue weighted by atomic mass is 127. The topological polar surface area (TPSA) is 49.4 Å². The fraction of sp³-hybridized carbons (Fsp3) is 0.467. The summed E-state index contributed by atoms with van der Waals surface area (Å²) in [6.07, 6.45) is 4.52. The molecule has 1 N–H and O–H groups in total. The molecular weight excluding hydrogens is 367 g/mol. The second-order valence-electron chi connectivity index (χ2n) is 4.96. The number of hydrogen-bond acceptors (Lipinski definition) is 2. The molecule has 20 heavy (non-hydrogen) atoms. The van der Waals surface area contributed by atoms with Gasteiger partial charge in [-0.05, 0) is 47.6 Å². The summed E-state index contributed by atoms with van der Waals surface area (Å²) in [4.78, 5) is 26.0. The molecule has 4 nitrogen and oxygen atoms in total. The van der Waals surface area contributed by atoms with E-state index < -0.39 is 0 Å². The molecule has 0 atom stereocenters. The maximum atomic E-state index is 12.1. The molecule has 1 fully saturated rings. The van der Waals surface area contributed by atoms with Gasteiger partial charge in [0, 0.05) is 16.7 Å². The van der Waals surface area contributed by atoms with Gasteiger partial charge in [0.25, 0.3) is 5.91 Å². The van der Waals surface area contributed by atoms with Crippen LogP contribution in [0.1, 0.15) is 36.0 Å². The van der Waals surface area contributed by atoms with Crippen LogP contribution >= 0.6 is 22.6 Å². The Morgan fingerprint density at radius 2 is 1.75 bits per heavy atom. The van der Waals surface area contributed by atoms with E-state index in [1.807, 2.05) is 23.1 Å². The molecular formula is C15H19IN2O2. The highest BCUT2D eigenvalue weighted by Gasteiger charge is 2.17. The van der Waals surface area contributed by atoms with E-state index >= 15 is 0 Å². The number of rotatable bonds is 3. The SMILES string of the molecule is O=C(NCC(=O)N1CCCCCC1)c1ccccc1I. The fourth-order valence-corrected chi connectivity index (χ4v) is 2.96. The average Bonchev–Trinajstić information content (AvgIpc) is 2.74. The molecule has 0 aliphatic carbocycles. The normalized spacial score (nSPS) is 15.6. The van der Waals surface area contributed by atoms with Crippen molar-refractivity contribution in [3.8, 4) is 0 Å². The van der Waals surface area contributed by atoms with Gasteiger partial charge >= 0.3 is 0 Å². The van der Waals surface area contributed by atoms with Crippen molar-refractivity contribution in [3.05, 3.63) is 33.4 Å². The standard InChI is InChI=1S/C15H19IN2O2/c16-13-8-4-3-7-12(13)15(20)17-11-14(19)18-9-5-1-2-6-10-18/h3-4,7-8H,1-2,5-6,9-11H2,(H,17,20). The van der Waals surface area contributed by atoms with Crippen LogP contribution in [0.5, 0.6) is 0 Å². The van der Waals surface area contributed by atoms with Crippen LogP contribution in [-0.4, -0.2) is 36.3 Å². The van der Waals surface area contributed by atoms with Crippen molar-refractivity contribution < 1.29 is 9.59 Å². The Labute approximate surface area is 133 Å². The van der Waals surface area contributed by atoms with Crippen LogP contribution in [0.4, 0.5) is 0 Å². The number of benzene rings is 1. The predicted octanol–water partition coefficient (Wildman–Crippen LogP) is 2.42. The van der Waals surface area contributed by atoms with Gasteiger partial charge in [0.15, 0.2) is 0 Å². The van der Waals surface area contributed by atoms with E-state index in [2.05, 4.69) is 27.9 Å². The van der Waals surface area contributed by atoms with E-state index in [0.29, 0.717) is 5.56 Å². The van der Waals surface area contributed by atoms with Crippen molar-refractivity contribution >= 4 is 34.4 Å². The second kappa shape index (κ2) is 7.61. The Morgan fingerprint density at radius 1 is 1.10 bits per heavy atom. The first-order chi connectivity index (χ1) is 9.68. The molecule has 0 aromatic heterocycles. The lowest BCUT2D eigenvalue weighted by molar-refractivity contribution is -0.130. The minimum atomic E-state index is -0.182. The van der Waals surface area contributed by atoms with Crippen molar-refractivity contribution in [1.29, 1.82) is 0 Å². The first kappa shape index (κ1) is 15.3. The number of nitrogens with one attached hydrogen (secondary N) is 1. The van der Waals surface area contributed by atoms with Crippen molar-refractivity contribution in [1.82, 2.24) is 10.2 Å². The Balaban J connectivity index is 1.86. The zero-order valence-corrected chi connectivity index (χ0v) is 13.6. The maximum Gasteiger partial charge on any atom is 0.252 e. The van der Waals surface area contributed by atoms with Crippen LogP contribution in [0.2, 0.25) is 0 Å². The number of amides is 2. The van der Waals surface area contributed by atoms with Crippen molar-refractivity contribution in [3.63, 3.8) is 0 Å². The Morgan fingerprint density at radius 3 is 2.40 bits per heavy atom. The molecule has 5 heteroatoms. The van der Waals surface area contributed by atoms with Crippen LogP contribution in [-0.2, 0) is 4.79 Å². The van der Waals surface area contributed by atoms with E-state index in [-0.39, 0.29) is 18.4 Å². The number of hydrogen-bond donors (Lipinski definition) is 1. The number of carbonyl (C=O) groups excluding carboxylic acids is 2. The van der Waals surface area contributed by atoms with Crippen LogP contribution in [0.15, 0.2) is 24.3 Å². The number of carbonyl (C=O) groups is 2. The molecule has 1 aromatic carbocycles. The Kier molecular flexibility index (Phi) is 5.82. The predicted molar refractivity (Wildman–Crippen MR) is 86.5 cm³/mol. The fourth-order valence-electron chi connectivity index (χ4n) is 2.33. The third-order valence-electron chi connectivity index (χ3n) is 3.48. The summed E-state index contributed by atoms with van der Waals surface area (Å²) in [5, 5.41) is 2.72. The van der Waals surface area contributed by atoms with Crippen LogP contribution in [0.25, 0.3) is 0 Å². The van der Waals surface area contributed by atoms with Gasteiger partial charge in [0.1, 0.15) is 0 Å². The third-order valence-corrected chi connectivity index (χ3v) is 4.42. The summed E-state index contributed by atoms with van der Waals surface area (Å²) in [5.74, 6) is -0.163. The monoisotopic (exact) mass is 386 g/mol. The minimum Gasteiger partial charge on any atom is -0.343 e. The van der Waals surface area contributed by atoms with E-state index in [1.165, 1.54) is 12.8 Å². The summed E-state index contributed by atoms with van der Waals surface area (Å²) in [6.45, 7) is 1.72. The molecule has 0 bridgehead atoms. The molecule has 0 saturated carbocycles. The van der Waals surface area contributed by atoms with Gasteiger partial charge in [0.2, 0.25) is 5.91 Å². The lowest BCUT2D eigenvalue weighted by Gasteiger charge is -2.20. The summed E-state index contributed by atoms with van der Waals surface area (Å²) < 4.78 is 0.893. The third kappa shape index (κ3) is 4.19. The van der Waals surface area contributed by atoms with Crippen molar-refractivity contribution in [2.45, 2.75) is 25.7 Å². The molecule has 0 spiro atoms. The zero-order valence-electron chi connectivity index (χ0n) is 11.4. The maximum absolute atomic E-state index is 12.1. The summed E-state index contributed by atoms with van der Waals surface area (Å²) in [7, 11) is 0. The van der Waals surface area contributed by atoms with E-state index in [9.17, 15) is 9.59 Å². The van der Waals surface area contributed by atoms with Gasteiger partial charge < -0.3 is 10.2 Å². The van der Waals surface area contributed by atoms with Crippen LogP contribution < -0.4 is 5.32 Å². The van der Waals surface area contributed by atoms with Gasteiger partial charge in [-0.15, -0.1) is 0 Å². The Bertz CT molecular complexity index is 483. The Hall–Kier alpha value is -1.11. The molecule has 1 aliphatic rings. The van der Waals surface area contributed by atoms with Gasteiger partial charge in [-0.2, -0.15) is 0 Å². The molecule has 0 unspecified atom stereocenters. The van der Waals surface area contributed by atoms with Crippen LogP contribution in [0, 0.1) is 3.57 Å². The summed E-state index contributed by atoms with van der Waals surface area (Å²) >= 11 is 2.12. The van der Waals surface area contributed by atoms with Crippen LogP contribution in [0.3, 0.4) is 0 Å². The molecule has 0 radical (unpaired) electrons. The van der Waals surface area contributed by atoms with Gasteiger partial charge in [0.05, 0.1) is 12.1 Å². The molecule has 1 heterocycles. The number of likely N-dealkylation sites (tertiary alicyclic amines) is 1. The van der Waals surface area contributed by atoms with Crippen molar-refractivity contribution in [2.24, 2.45) is 0 Å². The first-order valence-electron chi connectivity index (χ1n) is 6.99. The van der Waals surface area contributed by atoms with E-state index in [1.54, 1.807) is 6.07 Å². The lowest BCUT2D eigenvalue weighted by Crippen LogP contribution is -2.40. The highest BCUT2D eigenvalue weighted by Crippen LogP contribution is 2.11. The summed E-state index contributed by atoms with van der Waals surface area (Å²) in [5.41, 5.74) is 0.622. The minimum absolute atomic E-state index is 0.0196. The molecule has 2 amide bonds. The van der Waals surface area contributed by atoms with Gasteiger partial charge in [-0.25, -0.2) is 0 Å². The van der Waals surface area contributed by atoms with E-state index in [0.717, 1.165) is 29.5 Å². The quantitative estimate of drug-likeness (QED) is 0.812. The zero-order chi connectivity index (χ0) is 14.4. The molecule has 1 aliphatic heterocycles. The lowest BCUT2D eigenvalue weighted by atomic mass is 10.2. The smallest absolute Gasteiger partial charge is 0.252 e. The largest absolute Gasteiger partial charge is 0.343 e. The molecule has 2 rings (SSSR count). The highest BCUT2D eigenvalue weighted by molar-refractivity contribution is 14.1. The first-order valence-corrected chi connectivity index (χ1v) is 8.07. The van der Waals surface area contributed by atoms with E-state index in [4.69, 9.17) is 0 Å². The second-order valence-corrected chi connectivity index (χ2v) is 6.12.